The molecule has 8 atom stereocenters. The molecule has 0 unspecified atom stereocenters. The summed E-state index contributed by atoms with van der Waals surface area (Å²) < 4.78 is 0. The van der Waals surface area contributed by atoms with Crippen molar-refractivity contribution in [1.82, 2.24) is 0 Å². The highest BCUT2D eigenvalue weighted by atomic mass is 16.3. The summed E-state index contributed by atoms with van der Waals surface area (Å²) in [5, 5.41) is 10.9. The molecule has 0 aliphatic heterocycles. The van der Waals surface area contributed by atoms with Gasteiger partial charge in [-0.15, -0.1) is 0 Å². The zero-order valence-corrected chi connectivity index (χ0v) is 21.9. The first kappa shape index (κ1) is 22.5. The van der Waals surface area contributed by atoms with Crippen LogP contribution in [0.15, 0.2) is 11.6 Å². The highest BCUT2D eigenvalue weighted by Crippen LogP contribution is 2.76. The topological polar surface area (TPSA) is 20.2 Å². The van der Waals surface area contributed by atoms with Crippen LogP contribution >= 0.6 is 0 Å². The molecule has 4 saturated carbocycles. The van der Waals surface area contributed by atoms with E-state index in [1.165, 1.54) is 57.8 Å². The van der Waals surface area contributed by atoms with E-state index in [1.54, 1.807) is 0 Å². The van der Waals surface area contributed by atoms with E-state index in [0.717, 1.165) is 18.3 Å². The third-order valence-corrected chi connectivity index (χ3v) is 13.0. The molecule has 0 aromatic carbocycles. The fraction of sp³-hybridized carbons (Fsp3) is 0.933. The second kappa shape index (κ2) is 6.43. The van der Waals surface area contributed by atoms with E-state index in [-0.39, 0.29) is 11.5 Å². The summed E-state index contributed by atoms with van der Waals surface area (Å²) in [5.74, 6) is 2.27. The fourth-order valence-corrected chi connectivity index (χ4v) is 10.6. The smallest absolute Gasteiger partial charge is 0.0594 e. The molecular formula is C30H50O. The van der Waals surface area contributed by atoms with E-state index < -0.39 is 0 Å². The SMILES string of the molecule is CC1(C)C=C2[C@@H]3CC[C@@H]4[C@]5(C)CC[C@@H](O)C(C)(C)[C@H]5CC[C@@]4(C)[C@]3(C)CC[C@@]2(C)CC1. The number of aliphatic hydroxyl groups excluding tert-OH is 1. The molecule has 1 nitrogen and oxygen atoms in total. The quantitative estimate of drug-likeness (QED) is 0.387. The van der Waals surface area contributed by atoms with Gasteiger partial charge in [-0.3, -0.25) is 0 Å². The maximum atomic E-state index is 10.9. The lowest BCUT2D eigenvalue weighted by Gasteiger charge is -2.72. The molecule has 31 heavy (non-hydrogen) atoms. The van der Waals surface area contributed by atoms with E-state index in [0.29, 0.717) is 33.0 Å². The number of aliphatic hydroxyl groups is 1. The van der Waals surface area contributed by atoms with E-state index >= 15 is 0 Å². The molecule has 0 aromatic heterocycles. The molecule has 0 radical (unpaired) electrons. The van der Waals surface area contributed by atoms with Crippen LogP contribution in [-0.2, 0) is 0 Å². The molecule has 0 amide bonds. The van der Waals surface area contributed by atoms with Gasteiger partial charge in [-0.1, -0.05) is 67.0 Å². The zero-order chi connectivity index (χ0) is 22.7. The van der Waals surface area contributed by atoms with E-state index in [9.17, 15) is 5.11 Å². The summed E-state index contributed by atoms with van der Waals surface area (Å²) in [5.41, 5.74) is 4.02. The van der Waals surface area contributed by atoms with Crippen molar-refractivity contribution in [2.24, 2.45) is 50.2 Å². The fourth-order valence-electron chi connectivity index (χ4n) is 10.6. The van der Waals surface area contributed by atoms with Gasteiger partial charge in [0.05, 0.1) is 6.10 Å². The number of fused-ring (bicyclic) bond motifs is 7. The first-order valence-electron chi connectivity index (χ1n) is 13.6. The van der Waals surface area contributed by atoms with Crippen molar-refractivity contribution in [3.63, 3.8) is 0 Å². The largest absolute Gasteiger partial charge is 0.393 e. The third kappa shape index (κ3) is 2.77. The zero-order valence-electron chi connectivity index (χ0n) is 21.9. The third-order valence-electron chi connectivity index (χ3n) is 13.0. The minimum atomic E-state index is -0.119. The number of rotatable bonds is 0. The minimum absolute atomic E-state index is 0.0626. The maximum Gasteiger partial charge on any atom is 0.0594 e. The molecule has 5 rings (SSSR count). The predicted molar refractivity (Wildman–Crippen MR) is 131 cm³/mol. The van der Waals surface area contributed by atoms with Crippen LogP contribution in [0.5, 0.6) is 0 Å². The second-order valence-corrected chi connectivity index (χ2v) is 15.1. The van der Waals surface area contributed by atoms with Crippen molar-refractivity contribution < 1.29 is 5.11 Å². The Morgan fingerprint density at radius 2 is 1.35 bits per heavy atom. The highest BCUT2D eigenvalue weighted by molar-refractivity contribution is 5.31. The van der Waals surface area contributed by atoms with Gasteiger partial charge in [0.25, 0.3) is 0 Å². The molecule has 176 valence electrons. The van der Waals surface area contributed by atoms with Crippen LogP contribution < -0.4 is 0 Å². The summed E-state index contributed by atoms with van der Waals surface area (Å²) in [6, 6.07) is 0. The second-order valence-electron chi connectivity index (χ2n) is 15.1. The van der Waals surface area contributed by atoms with E-state index in [4.69, 9.17) is 0 Å². The van der Waals surface area contributed by atoms with Gasteiger partial charge >= 0.3 is 0 Å². The van der Waals surface area contributed by atoms with Gasteiger partial charge in [-0.2, -0.15) is 0 Å². The Bertz CT molecular complexity index is 790. The summed E-state index contributed by atoms with van der Waals surface area (Å²) in [7, 11) is 0. The van der Waals surface area contributed by atoms with Crippen molar-refractivity contribution >= 4 is 0 Å². The number of allylic oxidation sites excluding steroid dienone is 2. The first-order valence-corrected chi connectivity index (χ1v) is 13.6. The van der Waals surface area contributed by atoms with Gasteiger partial charge in [0, 0.05) is 0 Å². The summed E-state index contributed by atoms with van der Waals surface area (Å²) in [4.78, 5) is 0. The van der Waals surface area contributed by atoms with Crippen LogP contribution in [0.2, 0.25) is 0 Å². The molecule has 4 fully saturated rings. The predicted octanol–water partition coefficient (Wildman–Crippen LogP) is 8.17. The Morgan fingerprint density at radius 1 is 0.677 bits per heavy atom. The van der Waals surface area contributed by atoms with Crippen molar-refractivity contribution in [2.45, 2.75) is 126 Å². The summed E-state index contributed by atoms with van der Waals surface area (Å²) in [6.45, 7) is 20.4. The molecule has 1 heteroatoms. The highest BCUT2D eigenvalue weighted by Gasteiger charge is 2.68. The average molecular weight is 427 g/mol. The Labute approximate surface area is 192 Å². The van der Waals surface area contributed by atoms with Crippen LogP contribution in [-0.4, -0.2) is 11.2 Å². The molecule has 0 bridgehead atoms. The molecule has 5 aliphatic rings. The number of hydrogen-bond acceptors (Lipinski definition) is 1. The van der Waals surface area contributed by atoms with E-state index in [2.05, 4.69) is 61.5 Å². The van der Waals surface area contributed by atoms with Crippen molar-refractivity contribution in [3.8, 4) is 0 Å². The lowest BCUT2D eigenvalue weighted by molar-refractivity contribution is -0.228. The molecular weight excluding hydrogens is 376 g/mol. The van der Waals surface area contributed by atoms with E-state index in [1.807, 2.05) is 5.57 Å². The van der Waals surface area contributed by atoms with Crippen LogP contribution in [0.3, 0.4) is 0 Å². The monoisotopic (exact) mass is 426 g/mol. The standard InChI is InChI=1S/C30H50O/c1-25(2)15-16-27(5)17-18-29(7)20(21(27)19-25)9-10-23-28(6)13-12-24(31)26(3,4)22(28)11-14-30(23,29)8/h19-20,22-24,31H,9-18H2,1-8H3/t20-,22+,23+,24+,27+,28+,29+,30+/m0/s1. The normalized spacial score (nSPS) is 55.2. The van der Waals surface area contributed by atoms with Crippen molar-refractivity contribution in [3.05, 3.63) is 11.6 Å². The van der Waals surface area contributed by atoms with Crippen molar-refractivity contribution in [2.75, 3.05) is 0 Å². The Hall–Kier alpha value is -0.300. The Kier molecular flexibility index (Phi) is 4.66. The van der Waals surface area contributed by atoms with Gasteiger partial charge in [0.2, 0.25) is 0 Å². The average Bonchev–Trinajstić information content (AvgIpc) is 2.67. The number of hydrogen-bond donors (Lipinski definition) is 1. The minimum Gasteiger partial charge on any atom is -0.393 e. The molecule has 0 spiro atoms. The first-order chi connectivity index (χ1) is 14.2. The lowest BCUT2D eigenvalue weighted by Crippen LogP contribution is -2.65. The molecule has 0 saturated heterocycles. The van der Waals surface area contributed by atoms with Crippen LogP contribution in [0.1, 0.15) is 120 Å². The molecule has 0 aromatic rings. The van der Waals surface area contributed by atoms with Crippen LogP contribution in [0.25, 0.3) is 0 Å². The van der Waals surface area contributed by atoms with Gasteiger partial charge in [-0.25, -0.2) is 0 Å². The molecule has 5 aliphatic carbocycles. The summed E-state index contributed by atoms with van der Waals surface area (Å²) in [6.07, 6.45) is 15.9. The molecule has 1 N–H and O–H groups in total. The Morgan fingerprint density at radius 3 is 2.06 bits per heavy atom. The lowest BCUT2D eigenvalue weighted by atomic mass is 9.32. The van der Waals surface area contributed by atoms with Crippen molar-refractivity contribution in [1.29, 1.82) is 0 Å². The van der Waals surface area contributed by atoms with Gasteiger partial charge in [-0.05, 0) is 114 Å². The van der Waals surface area contributed by atoms with Gasteiger partial charge in [0.1, 0.15) is 0 Å². The maximum absolute atomic E-state index is 10.9. The Balaban J connectivity index is 1.56. The molecule has 0 heterocycles. The van der Waals surface area contributed by atoms with Gasteiger partial charge in [0.15, 0.2) is 0 Å². The summed E-state index contributed by atoms with van der Waals surface area (Å²) >= 11 is 0. The van der Waals surface area contributed by atoms with Crippen LogP contribution in [0, 0.1) is 50.2 Å². The van der Waals surface area contributed by atoms with Crippen LogP contribution in [0.4, 0.5) is 0 Å². The van der Waals surface area contributed by atoms with Gasteiger partial charge < -0.3 is 5.11 Å².